The molecule has 0 aromatic rings. The van der Waals surface area contributed by atoms with Crippen molar-refractivity contribution >= 4 is 17.9 Å². The van der Waals surface area contributed by atoms with Gasteiger partial charge < -0.3 is 14.2 Å². The van der Waals surface area contributed by atoms with Crippen LogP contribution in [0.2, 0.25) is 0 Å². The van der Waals surface area contributed by atoms with Gasteiger partial charge in [0.25, 0.3) is 0 Å². The zero-order valence-corrected chi connectivity index (χ0v) is 47.2. The maximum atomic E-state index is 12.9. The van der Waals surface area contributed by atoms with Crippen molar-refractivity contribution in [2.24, 2.45) is 0 Å². The van der Waals surface area contributed by atoms with Gasteiger partial charge in [0, 0.05) is 19.3 Å². The van der Waals surface area contributed by atoms with Crippen molar-refractivity contribution in [3.05, 3.63) is 60.8 Å². The van der Waals surface area contributed by atoms with Crippen LogP contribution < -0.4 is 0 Å². The molecule has 0 amide bonds. The Morgan fingerprint density at radius 3 is 0.831 bits per heavy atom. The van der Waals surface area contributed by atoms with E-state index in [1.165, 1.54) is 193 Å². The van der Waals surface area contributed by atoms with E-state index in [0.29, 0.717) is 19.3 Å². The molecule has 71 heavy (non-hydrogen) atoms. The molecule has 0 aliphatic rings. The number of unbranched alkanes of at least 4 members (excludes halogenated alkanes) is 35. The van der Waals surface area contributed by atoms with Crippen LogP contribution in [0.1, 0.15) is 316 Å². The second kappa shape index (κ2) is 59.7. The molecule has 0 radical (unpaired) electrons. The Morgan fingerprint density at radius 2 is 0.507 bits per heavy atom. The monoisotopic (exact) mass is 993 g/mol. The third-order valence-corrected chi connectivity index (χ3v) is 13.5. The number of hydrogen-bond acceptors (Lipinski definition) is 6. The van der Waals surface area contributed by atoms with Crippen LogP contribution in [0.4, 0.5) is 0 Å². The van der Waals surface area contributed by atoms with E-state index in [2.05, 4.69) is 81.5 Å². The fraction of sp³-hybridized carbons (Fsp3) is 0.800. The van der Waals surface area contributed by atoms with Crippen molar-refractivity contribution in [2.45, 2.75) is 322 Å². The van der Waals surface area contributed by atoms with E-state index >= 15 is 0 Å². The van der Waals surface area contributed by atoms with Gasteiger partial charge >= 0.3 is 17.9 Å². The van der Waals surface area contributed by atoms with Gasteiger partial charge in [-0.25, -0.2) is 0 Å². The Kier molecular flexibility index (Phi) is 57.2. The Balaban J connectivity index is 4.39. The van der Waals surface area contributed by atoms with Crippen LogP contribution >= 0.6 is 0 Å². The first-order valence-electron chi connectivity index (χ1n) is 30.8. The summed E-state index contributed by atoms with van der Waals surface area (Å²) >= 11 is 0. The smallest absolute Gasteiger partial charge is 0.306 e. The highest BCUT2D eigenvalue weighted by atomic mass is 16.6. The molecule has 1 unspecified atom stereocenters. The third kappa shape index (κ3) is 57.9. The van der Waals surface area contributed by atoms with Gasteiger partial charge in [0.15, 0.2) is 6.10 Å². The quantitative estimate of drug-likeness (QED) is 0.0261. The van der Waals surface area contributed by atoms with Crippen molar-refractivity contribution < 1.29 is 28.6 Å². The molecule has 0 aromatic heterocycles. The second-order valence-corrected chi connectivity index (χ2v) is 20.6. The molecular formula is C65H116O6. The topological polar surface area (TPSA) is 78.9 Å². The minimum absolute atomic E-state index is 0.0822. The van der Waals surface area contributed by atoms with Gasteiger partial charge in [0.1, 0.15) is 13.2 Å². The molecule has 0 bridgehead atoms. The molecule has 0 aliphatic heterocycles. The van der Waals surface area contributed by atoms with Crippen LogP contribution in [0.15, 0.2) is 60.8 Å². The van der Waals surface area contributed by atoms with Crippen LogP contribution in [0.25, 0.3) is 0 Å². The molecule has 6 nitrogen and oxygen atoms in total. The summed E-state index contributed by atoms with van der Waals surface area (Å²) in [4.78, 5) is 38.3. The summed E-state index contributed by atoms with van der Waals surface area (Å²) < 4.78 is 16.9. The van der Waals surface area contributed by atoms with Crippen LogP contribution in [-0.2, 0) is 28.6 Å². The fourth-order valence-corrected chi connectivity index (χ4v) is 8.79. The van der Waals surface area contributed by atoms with Crippen molar-refractivity contribution in [3.63, 3.8) is 0 Å². The predicted molar refractivity (Wildman–Crippen MR) is 307 cm³/mol. The lowest BCUT2D eigenvalue weighted by Crippen LogP contribution is -2.30. The predicted octanol–water partition coefficient (Wildman–Crippen LogP) is 20.8. The van der Waals surface area contributed by atoms with E-state index in [9.17, 15) is 14.4 Å². The van der Waals surface area contributed by atoms with Gasteiger partial charge in [-0.1, -0.05) is 248 Å². The van der Waals surface area contributed by atoms with Crippen molar-refractivity contribution in [3.8, 4) is 0 Å². The Labute approximate surface area is 440 Å². The maximum Gasteiger partial charge on any atom is 0.306 e. The summed E-state index contributed by atoms with van der Waals surface area (Å²) in [5.41, 5.74) is 0. The highest BCUT2D eigenvalue weighted by Gasteiger charge is 2.19. The summed E-state index contributed by atoms with van der Waals surface area (Å²) in [5.74, 6) is -0.890. The van der Waals surface area contributed by atoms with E-state index in [1.807, 2.05) is 0 Å². The van der Waals surface area contributed by atoms with Gasteiger partial charge in [0.05, 0.1) is 0 Å². The van der Waals surface area contributed by atoms with Gasteiger partial charge in [-0.05, 0) is 109 Å². The molecule has 0 N–H and O–H groups in total. The number of ether oxygens (including phenoxy) is 3. The number of esters is 3. The lowest BCUT2D eigenvalue weighted by molar-refractivity contribution is -0.167. The van der Waals surface area contributed by atoms with Crippen LogP contribution in [-0.4, -0.2) is 37.2 Å². The van der Waals surface area contributed by atoms with Gasteiger partial charge in [-0.15, -0.1) is 0 Å². The average Bonchev–Trinajstić information content (AvgIpc) is 3.37. The van der Waals surface area contributed by atoms with Crippen LogP contribution in [0, 0.1) is 0 Å². The first kappa shape index (κ1) is 68.1. The Bertz CT molecular complexity index is 1280. The molecule has 0 spiro atoms. The summed E-state index contributed by atoms with van der Waals surface area (Å²) in [7, 11) is 0. The van der Waals surface area contributed by atoms with E-state index in [4.69, 9.17) is 14.2 Å². The number of carbonyl (C=O) groups excluding carboxylic acids is 3. The molecule has 0 aromatic carbocycles. The summed E-state index contributed by atoms with van der Waals surface area (Å²) in [5, 5.41) is 0. The summed E-state index contributed by atoms with van der Waals surface area (Å²) in [6.45, 7) is 6.62. The van der Waals surface area contributed by atoms with Gasteiger partial charge in [0.2, 0.25) is 0 Å². The van der Waals surface area contributed by atoms with Crippen LogP contribution in [0.3, 0.4) is 0 Å². The Morgan fingerprint density at radius 1 is 0.282 bits per heavy atom. The minimum atomic E-state index is -0.785. The molecule has 412 valence electrons. The molecule has 0 heterocycles. The normalized spacial score (nSPS) is 12.4. The number of rotatable bonds is 56. The average molecular weight is 994 g/mol. The zero-order chi connectivity index (χ0) is 51.4. The SMILES string of the molecule is CCCCC/C=C\C/C=C\C/C=C\CCCCCCCCC(=O)OCC(COC(=O)CCCCCCC/C=C\CCCCCCCC)OC(=O)CCCCCCCCCCC/C=C\CCCCCCCC. The standard InChI is InChI=1S/C65H116O6/c1-4-7-10-13-16-19-22-25-28-30-32-34-37-40-43-46-49-52-55-58-64(67)70-61-62(60-69-63(66)57-54-51-48-45-42-39-36-27-24-21-18-15-12-9-6-3)71-65(68)59-56-53-50-47-44-41-38-35-33-31-29-26-23-20-17-14-11-8-5-2/h16,19,25-29,32,34,36,62H,4-15,17-18,20-24,30-31,33,35,37-61H2,1-3H3/b19-16-,28-25-,29-26-,34-32-,36-27-. The van der Waals surface area contributed by atoms with E-state index in [1.54, 1.807) is 0 Å². The van der Waals surface area contributed by atoms with E-state index in [0.717, 1.165) is 83.5 Å². The second-order valence-electron chi connectivity index (χ2n) is 20.6. The number of carbonyl (C=O) groups is 3. The first-order valence-corrected chi connectivity index (χ1v) is 30.8. The highest BCUT2D eigenvalue weighted by Crippen LogP contribution is 2.16. The molecule has 0 fully saturated rings. The van der Waals surface area contributed by atoms with Crippen molar-refractivity contribution in [1.29, 1.82) is 0 Å². The van der Waals surface area contributed by atoms with Gasteiger partial charge in [-0.3, -0.25) is 14.4 Å². The molecule has 0 aliphatic carbocycles. The fourth-order valence-electron chi connectivity index (χ4n) is 8.79. The van der Waals surface area contributed by atoms with E-state index < -0.39 is 6.10 Å². The number of hydrogen-bond donors (Lipinski definition) is 0. The number of allylic oxidation sites excluding steroid dienone is 10. The molecular weight excluding hydrogens is 877 g/mol. The van der Waals surface area contributed by atoms with Crippen molar-refractivity contribution in [2.75, 3.05) is 13.2 Å². The Hall–Kier alpha value is -2.89. The van der Waals surface area contributed by atoms with Crippen LogP contribution in [0.5, 0.6) is 0 Å². The molecule has 6 heteroatoms. The van der Waals surface area contributed by atoms with Gasteiger partial charge in [-0.2, -0.15) is 0 Å². The third-order valence-electron chi connectivity index (χ3n) is 13.5. The lowest BCUT2D eigenvalue weighted by Gasteiger charge is -2.18. The van der Waals surface area contributed by atoms with E-state index in [-0.39, 0.29) is 31.1 Å². The molecule has 0 saturated carbocycles. The molecule has 0 saturated heterocycles. The minimum Gasteiger partial charge on any atom is -0.462 e. The molecule has 0 rings (SSSR count). The highest BCUT2D eigenvalue weighted by molar-refractivity contribution is 5.71. The zero-order valence-electron chi connectivity index (χ0n) is 47.2. The molecule has 1 atom stereocenters. The summed E-state index contributed by atoms with van der Waals surface area (Å²) in [6, 6.07) is 0. The van der Waals surface area contributed by atoms with Crippen molar-refractivity contribution in [1.82, 2.24) is 0 Å². The summed E-state index contributed by atoms with van der Waals surface area (Å²) in [6.07, 6.45) is 74.9. The largest absolute Gasteiger partial charge is 0.462 e. The maximum absolute atomic E-state index is 12.9. The lowest BCUT2D eigenvalue weighted by atomic mass is 10.1. The first-order chi connectivity index (χ1) is 35.0.